The van der Waals surface area contributed by atoms with E-state index in [0.29, 0.717) is 15.7 Å². The third-order valence-electron chi connectivity index (χ3n) is 2.41. The van der Waals surface area contributed by atoms with Gasteiger partial charge in [0.15, 0.2) is 0 Å². The average molecular weight is 268 g/mol. The van der Waals surface area contributed by atoms with Crippen LogP contribution in [-0.2, 0) is 0 Å². The van der Waals surface area contributed by atoms with E-state index in [1.54, 1.807) is 30.6 Å². The van der Waals surface area contributed by atoms with Crippen molar-refractivity contribution in [3.05, 3.63) is 57.6 Å². The molecule has 0 saturated heterocycles. The van der Waals surface area contributed by atoms with Gasteiger partial charge in [0, 0.05) is 16.2 Å². The molecule has 1 unspecified atom stereocenters. The highest BCUT2D eigenvalue weighted by Gasteiger charge is 2.14. The Morgan fingerprint density at radius 3 is 2.59 bits per heavy atom. The SMILES string of the molecule is Cc1cnc(C(N)c2cc(Cl)ccc2Cl)cn1. The van der Waals surface area contributed by atoms with Gasteiger partial charge in [-0.3, -0.25) is 9.97 Å². The fourth-order valence-electron chi connectivity index (χ4n) is 1.48. The van der Waals surface area contributed by atoms with E-state index in [1.165, 1.54) is 0 Å². The van der Waals surface area contributed by atoms with Gasteiger partial charge in [0.2, 0.25) is 0 Å². The lowest BCUT2D eigenvalue weighted by atomic mass is 10.1. The molecular formula is C12H11Cl2N3. The second-order valence-corrected chi connectivity index (χ2v) is 4.57. The summed E-state index contributed by atoms with van der Waals surface area (Å²) in [4.78, 5) is 8.40. The number of aryl methyl sites for hydroxylation is 1. The van der Waals surface area contributed by atoms with E-state index in [0.717, 1.165) is 11.3 Å². The first-order valence-corrected chi connectivity index (χ1v) is 5.82. The molecule has 0 bridgehead atoms. The summed E-state index contributed by atoms with van der Waals surface area (Å²) in [6.07, 6.45) is 3.32. The Morgan fingerprint density at radius 2 is 1.94 bits per heavy atom. The molecule has 88 valence electrons. The van der Waals surface area contributed by atoms with Gasteiger partial charge in [-0.25, -0.2) is 0 Å². The van der Waals surface area contributed by atoms with E-state index >= 15 is 0 Å². The lowest BCUT2D eigenvalue weighted by Gasteiger charge is -2.13. The minimum absolute atomic E-state index is 0.422. The number of halogens is 2. The van der Waals surface area contributed by atoms with E-state index in [4.69, 9.17) is 28.9 Å². The standard InChI is InChI=1S/C12H11Cl2N3/c1-7-5-17-11(6-16-7)12(15)9-4-8(13)2-3-10(9)14/h2-6,12H,15H2,1H3. The zero-order chi connectivity index (χ0) is 12.4. The zero-order valence-electron chi connectivity index (χ0n) is 9.19. The van der Waals surface area contributed by atoms with Crippen LogP contribution in [0.25, 0.3) is 0 Å². The molecule has 0 aliphatic rings. The van der Waals surface area contributed by atoms with E-state index in [9.17, 15) is 0 Å². The first-order valence-electron chi connectivity index (χ1n) is 5.07. The Balaban J connectivity index is 2.39. The van der Waals surface area contributed by atoms with Gasteiger partial charge >= 0.3 is 0 Å². The minimum Gasteiger partial charge on any atom is -0.319 e. The monoisotopic (exact) mass is 267 g/mol. The van der Waals surface area contributed by atoms with Crippen LogP contribution < -0.4 is 5.73 Å². The fourth-order valence-corrected chi connectivity index (χ4v) is 1.89. The van der Waals surface area contributed by atoms with Crippen molar-refractivity contribution in [1.29, 1.82) is 0 Å². The molecule has 3 nitrogen and oxygen atoms in total. The summed E-state index contributed by atoms with van der Waals surface area (Å²) < 4.78 is 0. The number of rotatable bonds is 2. The molecule has 0 amide bonds. The van der Waals surface area contributed by atoms with Crippen LogP contribution in [0.2, 0.25) is 10.0 Å². The van der Waals surface area contributed by atoms with Gasteiger partial charge in [0.25, 0.3) is 0 Å². The molecule has 2 N–H and O–H groups in total. The molecule has 1 heterocycles. The first-order chi connectivity index (χ1) is 8.08. The number of nitrogens with two attached hydrogens (primary N) is 1. The van der Waals surface area contributed by atoms with Crippen molar-refractivity contribution < 1.29 is 0 Å². The summed E-state index contributed by atoms with van der Waals surface area (Å²) in [6, 6.07) is 4.77. The first kappa shape index (κ1) is 12.3. The van der Waals surface area contributed by atoms with Crippen LogP contribution in [0.5, 0.6) is 0 Å². The fraction of sp³-hybridized carbons (Fsp3) is 0.167. The molecule has 1 atom stereocenters. The third kappa shape index (κ3) is 2.75. The molecule has 5 heteroatoms. The van der Waals surface area contributed by atoms with Crippen molar-refractivity contribution in [2.75, 3.05) is 0 Å². The van der Waals surface area contributed by atoms with Crippen molar-refractivity contribution in [2.45, 2.75) is 13.0 Å². The van der Waals surface area contributed by atoms with E-state index in [1.807, 2.05) is 6.92 Å². The molecule has 1 aromatic heterocycles. The highest BCUT2D eigenvalue weighted by Crippen LogP contribution is 2.27. The quantitative estimate of drug-likeness (QED) is 0.910. The van der Waals surface area contributed by atoms with Gasteiger partial charge in [-0.05, 0) is 30.7 Å². The Bertz CT molecular complexity index is 526. The molecule has 0 aliphatic carbocycles. The Labute approximate surface area is 110 Å². The predicted octanol–water partition coefficient (Wildman–Crippen LogP) is 3.14. The molecule has 0 fully saturated rings. The van der Waals surface area contributed by atoms with Crippen molar-refractivity contribution in [3.63, 3.8) is 0 Å². The van der Waals surface area contributed by atoms with Crippen molar-refractivity contribution >= 4 is 23.2 Å². The normalized spacial score (nSPS) is 12.5. The minimum atomic E-state index is -0.422. The average Bonchev–Trinajstić information content (AvgIpc) is 2.32. The summed E-state index contributed by atoms with van der Waals surface area (Å²) in [5, 5.41) is 1.17. The molecule has 0 radical (unpaired) electrons. The summed E-state index contributed by atoms with van der Waals surface area (Å²) in [5.74, 6) is 0. The molecular weight excluding hydrogens is 257 g/mol. The molecule has 0 saturated carbocycles. The summed E-state index contributed by atoms with van der Waals surface area (Å²) in [5.41, 5.74) is 8.35. The Morgan fingerprint density at radius 1 is 1.18 bits per heavy atom. The maximum atomic E-state index is 6.09. The van der Waals surface area contributed by atoms with Crippen LogP contribution in [-0.4, -0.2) is 9.97 Å². The van der Waals surface area contributed by atoms with E-state index in [2.05, 4.69) is 9.97 Å². The molecule has 2 rings (SSSR count). The van der Waals surface area contributed by atoms with Gasteiger partial charge in [-0.2, -0.15) is 0 Å². The van der Waals surface area contributed by atoms with E-state index < -0.39 is 6.04 Å². The van der Waals surface area contributed by atoms with Gasteiger partial charge < -0.3 is 5.73 Å². The van der Waals surface area contributed by atoms with Crippen LogP contribution in [0.3, 0.4) is 0 Å². The van der Waals surface area contributed by atoms with Gasteiger partial charge in [-0.15, -0.1) is 0 Å². The molecule has 2 aromatic rings. The third-order valence-corrected chi connectivity index (χ3v) is 2.99. The van der Waals surface area contributed by atoms with Gasteiger partial charge in [-0.1, -0.05) is 23.2 Å². The highest BCUT2D eigenvalue weighted by atomic mass is 35.5. The van der Waals surface area contributed by atoms with Crippen LogP contribution in [0.15, 0.2) is 30.6 Å². The van der Waals surface area contributed by atoms with Crippen LogP contribution >= 0.6 is 23.2 Å². The van der Waals surface area contributed by atoms with Crippen molar-refractivity contribution in [3.8, 4) is 0 Å². The summed E-state index contributed by atoms with van der Waals surface area (Å²) in [7, 11) is 0. The van der Waals surface area contributed by atoms with Gasteiger partial charge in [0.05, 0.1) is 23.6 Å². The molecule has 0 aliphatic heterocycles. The maximum Gasteiger partial charge on any atom is 0.0800 e. The number of nitrogens with zero attached hydrogens (tertiary/aromatic N) is 2. The van der Waals surface area contributed by atoms with Crippen LogP contribution in [0, 0.1) is 6.92 Å². The Hall–Kier alpha value is -1.16. The number of benzene rings is 1. The number of aromatic nitrogens is 2. The number of hydrogen-bond donors (Lipinski definition) is 1. The number of hydrogen-bond acceptors (Lipinski definition) is 3. The predicted molar refractivity (Wildman–Crippen MR) is 69.3 cm³/mol. The van der Waals surface area contributed by atoms with Crippen LogP contribution in [0.4, 0.5) is 0 Å². The molecule has 17 heavy (non-hydrogen) atoms. The van der Waals surface area contributed by atoms with Crippen LogP contribution in [0.1, 0.15) is 23.0 Å². The zero-order valence-corrected chi connectivity index (χ0v) is 10.7. The lowest BCUT2D eigenvalue weighted by Crippen LogP contribution is -2.14. The summed E-state index contributed by atoms with van der Waals surface area (Å²) in [6.45, 7) is 1.87. The largest absolute Gasteiger partial charge is 0.319 e. The topological polar surface area (TPSA) is 51.8 Å². The van der Waals surface area contributed by atoms with Gasteiger partial charge in [0.1, 0.15) is 0 Å². The smallest absolute Gasteiger partial charge is 0.0800 e. The van der Waals surface area contributed by atoms with Crippen molar-refractivity contribution in [1.82, 2.24) is 9.97 Å². The second kappa shape index (κ2) is 5.00. The molecule has 0 spiro atoms. The van der Waals surface area contributed by atoms with E-state index in [-0.39, 0.29) is 0 Å². The van der Waals surface area contributed by atoms with Crippen molar-refractivity contribution in [2.24, 2.45) is 5.73 Å². The lowest BCUT2D eigenvalue weighted by molar-refractivity contribution is 0.813. The highest BCUT2D eigenvalue weighted by molar-refractivity contribution is 6.33. The summed E-state index contributed by atoms with van der Waals surface area (Å²) >= 11 is 12.0. The Kier molecular flexibility index (Phi) is 3.62. The molecule has 1 aromatic carbocycles. The maximum absolute atomic E-state index is 6.09. The second-order valence-electron chi connectivity index (χ2n) is 3.73.